The summed E-state index contributed by atoms with van der Waals surface area (Å²) in [5.74, 6) is -1.77. The summed E-state index contributed by atoms with van der Waals surface area (Å²) >= 11 is 6.91. The Bertz CT molecular complexity index is 4170. The first kappa shape index (κ1) is 121. The molecule has 3 saturated heterocycles. The lowest BCUT2D eigenvalue weighted by Crippen LogP contribution is -2.46. The van der Waals surface area contributed by atoms with Gasteiger partial charge in [0.2, 0.25) is 0 Å². The van der Waals surface area contributed by atoms with Crippen molar-refractivity contribution in [2.45, 2.75) is 261 Å². The normalized spacial score (nSPS) is 14.1. The number of amides is 1. The average Bonchev–Trinajstić information content (AvgIpc) is 1.67. The molecule has 0 aliphatic carbocycles. The predicted octanol–water partition coefficient (Wildman–Crippen LogP) is 21.5. The number of cyclic esters (lactones) is 1. The van der Waals surface area contributed by atoms with E-state index in [1.807, 2.05) is 211 Å². The molecule has 0 radical (unpaired) electrons. The largest absolute Gasteiger partial charge is 0.481 e. The lowest BCUT2D eigenvalue weighted by molar-refractivity contribution is -0.152. The van der Waals surface area contributed by atoms with Crippen LogP contribution in [0.1, 0.15) is 250 Å². The molecule has 0 spiro atoms. The highest BCUT2D eigenvalue weighted by Gasteiger charge is 2.42. The second-order valence-corrected chi connectivity index (χ2v) is 36.4. The Morgan fingerprint density at radius 3 is 1.02 bits per heavy atom. The molecular weight excluding hydrogens is 1720 g/mol. The van der Waals surface area contributed by atoms with Crippen molar-refractivity contribution in [1.82, 2.24) is 10.2 Å². The number of benzene rings is 5. The van der Waals surface area contributed by atoms with Crippen LogP contribution in [0.15, 0.2) is 130 Å². The molecule has 5 aromatic carbocycles. The molecule has 5 aromatic rings. The average molecular weight is 1880 g/mol. The monoisotopic (exact) mass is 1870 g/mol. The smallest absolute Gasteiger partial charge is 0.410 e. The Morgan fingerprint density at radius 2 is 0.736 bits per heavy atom. The van der Waals surface area contributed by atoms with Gasteiger partial charge >= 0.3 is 41.9 Å². The number of likely N-dealkylation sites (tertiary alicyclic amines) is 1. The fraction of sp³-hybridized carbons (Fsp3) is 0.596. The van der Waals surface area contributed by atoms with Gasteiger partial charge in [0.15, 0.2) is 0 Å². The van der Waals surface area contributed by atoms with Gasteiger partial charge in [-0.15, -0.1) is 0 Å². The number of rotatable bonds is 33. The minimum absolute atomic E-state index is 0. The van der Waals surface area contributed by atoms with Crippen molar-refractivity contribution in [1.29, 1.82) is 15.8 Å². The van der Waals surface area contributed by atoms with E-state index in [0.717, 1.165) is 85.8 Å². The fourth-order valence-electron chi connectivity index (χ4n) is 12.4. The SMILES string of the molecule is C.C.C.C.C.CC(C)(CCOCc1ccccc1Br)C(=O)O.CC1(C)CCOC1=O.COC(=O)C(C)(C)CCOCc1ccccc1Br.COC(=O)C(C)(C)CCOCc1ccccc1C1(C#N)CCN(C(=O)OC(C)(C)C)CC1.COC(=O)C(C)(C)CCOCc1ccccc1C1(C#N)CCNCC1.COC(=O)C(C)(C)CCOCc1ccccc1CC#N. The number of hydrogen-bond donors (Lipinski definition) is 2. The molecule has 3 aliphatic heterocycles. The maximum atomic E-state index is 12.4. The van der Waals surface area contributed by atoms with E-state index in [4.69, 9.17) is 62.5 Å². The summed E-state index contributed by atoms with van der Waals surface area (Å²) < 4.78 is 59.8. The maximum absolute atomic E-state index is 12.4. The Morgan fingerprint density at radius 1 is 0.440 bits per heavy atom. The topological polar surface area (TPSA) is 328 Å². The van der Waals surface area contributed by atoms with E-state index < -0.39 is 49.5 Å². The summed E-state index contributed by atoms with van der Waals surface area (Å²) in [6.45, 7) is 35.4. The zero-order chi connectivity index (χ0) is 90.0. The molecule has 1 amide bonds. The van der Waals surface area contributed by atoms with Gasteiger partial charge in [0.25, 0.3) is 0 Å². The number of aliphatic carboxylic acids is 1. The van der Waals surface area contributed by atoms with Crippen LogP contribution in [-0.4, -0.2) is 152 Å². The minimum atomic E-state index is -0.790. The number of nitriles is 3. The van der Waals surface area contributed by atoms with Gasteiger partial charge in [0.1, 0.15) is 5.60 Å². The van der Waals surface area contributed by atoms with E-state index in [1.165, 1.54) is 28.4 Å². The third-order valence-corrected chi connectivity index (χ3v) is 22.8. The van der Waals surface area contributed by atoms with E-state index in [-0.39, 0.29) is 78.5 Å². The second-order valence-electron chi connectivity index (χ2n) is 34.7. The van der Waals surface area contributed by atoms with Crippen molar-refractivity contribution in [3.63, 3.8) is 0 Å². The van der Waals surface area contributed by atoms with Gasteiger partial charge in [-0.05, 0) is 238 Å². The second kappa shape index (κ2) is 58.7. The van der Waals surface area contributed by atoms with Crippen molar-refractivity contribution < 1.29 is 90.8 Å². The van der Waals surface area contributed by atoms with Crippen LogP contribution >= 0.6 is 31.9 Å². The maximum Gasteiger partial charge on any atom is 0.410 e. The van der Waals surface area contributed by atoms with Crippen molar-refractivity contribution in [2.75, 3.05) is 94.3 Å². The predicted molar refractivity (Wildman–Crippen MR) is 500 cm³/mol. The number of carboxylic acid groups (broad SMARTS) is 1. The van der Waals surface area contributed by atoms with Crippen LogP contribution in [0, 0.1) is 66.5 Å². The first-order valence-corrected chi connectivity index (χ1v) is 42.2. The van der Waals surface area contributed by atoms with Crippen LogP contribution in [-0.2, 0) is 131 Å². The number of methoxy groups -OCH3 is 4. The first-order chi connectivity index (χ1) is 56.4. The Hall–Kier alpha value is -8.62. The van der Waals surface area contributed by atoms with Crippen LogP contribution in [0.2, 0.25) is 0 Å². The van der Waals surface area contributed by atoms with Crippen LogP contribution in [0.25, 0.3) is 0 Å². The van der Waals surface area contributed by atoms with Crippen molar-refractivity contribution >= 4 is 73.8 Å². The molecule has 0 unspecified atom stereocenters. The molecule has 2 N–H and O–H groups in total. The van der Waals surface area contributed by atoms with Crippen LogP contribution in [0.3, 0.4) is 0 Å². The molecule has 700 valence electrons. The third-order valence-electron chi connectivity index (χ3n) is 21.2. The molecule has 8 rings (SSSR count). The number of nitrogens with one attached hydrogen (secondary N) is 1. The number of carbonyl (C=O) groups excluding carboxylic acids is 6. The summed E-state index contributed by atoms with van der Waals surface area (Å²) in [6.07, 6.45) is 6.49. The Kier molecular flexibility index (Phi) is 56.6. The summed E-state index contributed by atoms with van der Waals surface area (Å²) in [4.78, 5) is 82.2. The van der Waals surface area contributed by atoms with Crippen molar-refractivity contribution in [2.24, 2.45) is 32.5 Å². The van der Waals surface area contributed by atoms with E-state index in [0.29, 0.717) is 137 Å². The first-order valence-electron chi connectivity index (χ1n) is 40.6. The standard InChI is InChI=1S/C25H36N2O5.C20H28N2O3.C16H21NO3.C14H19BrO3.C13H17BrO3.C6H10O2.5CH4/c1-23(2,3)32-22(29)27-14-11-25(18-26,12-15-27)20-10-8-7-9-19(20)17-31-16-13-24(4,5)21(28)30-6;1-19(2,18(23)24-3)10-13-25-14-16-6-4-5-7-17(16)20(15-21)8-11-22-12-9-20;1-16(2,15(18)19-3)9-11-20-12-14-7-5-4-6-13(14)8-10-17;1-14(2,13(16)17-3)8-9-18-10-11-6-4-5-7-12(11)15;1-13(2,12(15)16)7-8-17-9-10-5-3-4-6-11(10)14;1-6(2)3-4-8-5(6)7;;;;;/h7-10H,11-17H2,1-6H3;4-7,22H,8-14H2,1-3H3;4-7H,8-9,11-12H2,1-3H3;4-7H,8-10H2,1-3H3;3-6H,7-9H2,1-2H3,(H,15,16);3-4H2,1-2H3;5*1H4. The van der Waals surface area contributed by atoms with Crippen LogP contribution in [0.5, 0.6) is 0 Å². The Balaban J connectivity index is -0.00000146. The zero-order valence-electron chi connectivity index (χ0n) is 74.3. The van der Waals surface area contributed by atoms with Crippen molar-refractivity contribution in [3.8, 4) is 18.2 Å². The number of hydrogen-bond acceptors (Lipinski definition) is 22. The van der Waals surface area contributed by atoms with E-state index >= 15 is 0 Å². The molecule has 0 saturated carbocycles. The molecular formula is C99H151Br2N5O19. The molecule has 3 fully saturated rings. The Labute approximate surface area is 766 Å². The summed E-state index contributed by atoms with van der Waals surface area (Å²) in [5, 5.41) is 41.0. The van der Waals surface area contributed by atoms with Gasteiger partial charge in [-0.25, -0.2) is 4.79 Å². The number of carboxylic acids is 1. The fourth-order valence-corrected chi connectivity index (χ4v) is 13.2. The lowest BCUT2D eigenvalue weighted by atomic mass is 9.72. The quantitative estimate of drug-likeness (QED) is 0.0224. The summed E-state index contributed by atoms with van der Waals surface area (Å²) in [7, 11) is 5.59. The molecule has 3 aliphatic rings. The highest BCUT2D eigenvalue weighted by atomic mass is 79.9. The lowest BCUT2D eigenvalue weighted by Gasteiger charge is -2.38. The minimum Gasteiger partial charge on any atom is -0.481 e. The summed E-state index contributed by atoms with van der Waals surface area (Å²) in [5.41, 5.74) is 3.40. The van der Waals surface area contributed by atoms with Gasteiger partial charge in [-0.3, -0.25) is 28.8 Å². The zero-order valence-corrected chi connectivity index (χ0v) is 77.4. The van der Waals surface area contributed by atoms with E-state index in [2.05, 4.69) is 55.4 Å². The van der Waals surface area contributed by atoms with Crippen LogP contribution in [0.4, 0.5) is 4.79 Å². The number of nitrogens with zero attached hydrogens (tertiary/aromatic N) is 4. The molecule has 26 heteroatoms. The number of esters is 5. The number of piperidine rings is 2. The highest BCUT2D eigenvalue weighted by molar-refractivity contribution is 9.10. The molecule has 125 heavy (non-hydrogen) atoms. The third kappa shape index (κ3) is 41.4. The van der Waals surface area contributed by atoms with Gasteiger partial charge in [0, 0.05) is 55.1 Å². The molecule has 24 nitrogen and oxygen atoms in total. The summed E-state index contributed by atoms with van der Waals surface area (Å²) in [6, 6.07) is 46.6. The number of carbonyl (C=O) groups is 7. The van der Waals surface area contributed by atoms with Gasteiger partial charge < -0.3 is 67.4 Å². The number of halogens is 2. The van der Waals surface area contributed by atoms with E-state index in [1.54, 1.807) is 18.7 Å². The van der Waals surface area contributed by atoms with E-state index in [9.17, 15) is 44.1 Å². The molecule has 3 heterocycles. The molecule has 0 bridgehead atoms. The van der Waals surface area contributed by atoms with Crippen molar-refractivity contribution in [3.05, 3.63) is 175 Å². The molecule has 0 atom stereocenters. The number of ether oxygens (including phenoxy) is 11. The van der Waals surface area contributed by atoms with Gasteiger partial charge in [-0.1, -0.05) is 178 Å². The van der Waals surface area contributed by atoms with Gasteiger partial charge in [-0.2, -0.15) is 15.8 Å². The molecule has 0 aromatic heterocycles. The van der Waals surface area contributed by atoms with Crippen LogP contribution < -0.4 is 5.32 Å². The highest BCUT2D eigenvalue weighted by Crippen LogP contribution is 2.39. The van der Waals surface area contributed by atoms with Gasteiger partial charge in [0.05, 0.1) is 136 Å².